The van der Waals surface area contributed by atoms with Gasteiger partial charge in [-0.05, 0) is 41.8 Å². The Morgan fingerprint density at radius 2 is 1.46 bits per heavy atom. The van der Waals surface area contributed by atoms with Gasteiger partial charge in [0.1, 0.15) is 0 Å². The average Bonchev–Trinajstić information content (AvgIpc) is 2.88. The van der Waals surface area contributed by atoms with Crippen molar-refractivity contribution in [1.82, 2.24) is 14.8 Å². The fourth-order valence-corrected chi connectivity index (χ4v) is 4.44. The highest BCUT2D eigenvalue weighted by Crippen LogP contribution is 2.37. The number of amides is 2. The lowest BCUT2D eigenvalue weighted by molar-refractivity contribution is -0.143. The number of rotatable bonds is 5. The minimum Gasteiger partial charge on any atom is -0.339 e. The van der Waals surface area contributed by atoms with Crippen LogP contribution >= 0.6 is 12.4 Å². The van der Waals surface area contributed by atoms with E-state index < -0.39 is 41.0 Å². The number of hydrogen-bond acceptors (Lipinski definition) is 3. The molecule has 1 fully saturated rings. The number of carbonyl (C=O) groups excluding carboxylic acids is 2. The summed E-state index contributed by atoms with van der Waals surface area (Å²) in [4.78, 5) is 33.2. The van der Waals surface area contributed by atoms with Crippen molar-refractivity contribution in [2.24, 2.45) is 0 Å². The van der Waals surface area contributed by atoms with Crippen LogP contribution in [0.4, 0.5) is 26.3 Å². The third-order valence-electron chi connectivity index (χ3n) is 6.32. The van der Waals surface area contributed by atoms with Crippen molar-refractivity contribution >= 4 is 24.2 Å². The molecule has 0 bridgehead atoms. The normalized spacial score (nSPS) is 16.0. The third-order valence-corrected chi connectivity index (χ3v) is 6.32. The highest BCUT2D eigenvalue weighted by molar-refractivity contribution is 5.95. The number of piperazine rings is 1. The zero-order valence-electron chi connectivity index (χ0n) is 20.4. The van der Waals surface area contributed by atoms with Gasteiger partial charge in [-0.15, -0.1) is 12.4 Å². The first-order valence-electron chi connectivity index (χ1n) is 11.7. The first-order valence-corrected chi connectivity index (χ1v) is 11.7. The predicted molar refractivity (Wildman–Crippen MR) is 133 cm³/mol. The van der Waals surface area contributed by atoms with E-state index in [9.17, 15) is 35.9 Å². The summed E-state index contributed by atoms with van der Waals surface area (Å²) in [6.45, 7) is 0.110. The largest absolute Gasteiger partial charge is 0.416 e. The fraction of sp³-hybridized carbons (Fsp3) is 0.296. The Morgan fingerprint density at radius 1 is 0.846 bits per heavy atom. The van der Waals surface area contributed by atoms with E-state index in [0.29, 0.717) is 17.7 Å². The number of pyridine rings is 1. The van der Waals surface area contributed by atoms with E-state index in [4.69, 9.17) is 0 Å². The van der Waals surface area contributed by atoms with Crippen LogP contribution in [0, 0.1) is 0 Å². The van der Waals surface area contributed by atoms with Crippen LogP contribution in [0.5, 0.6) is 0 Å². The number of alkyl halides is 6. The van der Waals surface area contributed by atoms with Crippen LogP contribution in [0.1, 0.15) is 32.6 Å². The first-order chi connectivity index (χ1) is 17.9. The third kappa shape index (κ3) is 7.50. The van der Waals surface area contributed by atoms with Gasteiger partial charge in [0.05, 0.1) is 23.6 Å². The van der Waals surface area contributed by atoms with E-state index in [-0.39, 0.29) is 56.9 Å². The Labute approximate surface area is 226 Å². The van der Waals surface area contributed by atoms with Crippen molar-refractivity contribution in [2.45, 2.75) is 31.2 Å². The zero-order valence-corrected chi connectivity index (χ0v) is 21.2. The molecule has 1 atom stereocenters. The lowest BCUT2D eigenvalue weighted by Crippen LogP contribution is -2.57. The first kappa shape index (κ1) is 29.9. The Bertz CT molecular complexity index is 1250. The summed E-state index contributed by atoms with van der Waals surface area (Å²) in [6.07, 6.45) is -6.68. The molecular weight excluding hydrogens is 548 g/mol. The topological polar surface area (TPSA) is 53.5 Å². The van der Waals surface area contributed by atoms with Crippen molar-refractivity contribution in [1.29, 1.82) is 0 Å². The molecule has 5 nitrogen and oxygen atoms in total. The second-order valence-electron chi connectivity index (χ2n) is 9.01. The van der Waals surface area contributed by atoms with Gasteiger partial charge in [-0.3, -0.25) is 14.6 Å². The molecule has 0 N–H and O–H groups in total. The molecular formula is C27H24ClF6N3O2. The fourth-order valence-electron chi connectivity index (χ4n) is 4.44. The number of halogens is 7. The average molecular weight is 572 g/mol. The Kier molecular flexibility index (Phi) is 9.26. The van der Waals surface area contributed by atoms with Gasteiger partial charge < -0.3 is 9.80 Å². The lowest BCUT2D eigenvalue weighted by atomic mass is 9.98. The van der Waals surface area contributed by atoms with E-state index in [0.717, 1.165) is 5.56 Å². The van der Waals surface area contributed by atoms with Gasteiger partial charge in [-0.25, -0.2) is 0 Å². The summed E-state index contributed by atoms with van der Waals surface area (Å²) in [5.41, 5.74) is -2.32. The van der Waals surface area contributed by atoms with E-state index in [1.807, 2.05) is 0 Å². The van der Waals surface area contributed by atoms with Gasteiger partial charge in [0.15, 0.2) is 0 Å². The minimum atomic E-state index is -5.07. The number of aromatic nitrogens is 1. The van der Waals surface area contributed by atoms with E-state index in [1.54, 1.807) is 59.8 Å². The van der Waals surface area contributed by atoms with Crippen LogP contribution in [0.2, 0.25) is 0 Å². The molecule has 1 saturated heterocycles. The second kappa shape index (κ2) is 12.1. The molecule has 2 heterocycles. The summed E-state index contributed by atoms with van der Waals surface area (Å²) in [7, 11) is 0. The van der Waals surface area contributed by atoms with Crippen LogP contribution in [0.25, 0.3) is 0 Å². The van der Waals surface area contributed by atoms with Gasteiger partial charge in [0.25, 0.3) is 5.91 Å². The maximum absolute atomic E-state index is 13.4. The van der Waals surface area contributed by atoms with Crippen LogP contribution in [-0.2, 0) is 30.0 Å². The Hall–Kier alpha value is -3.60. The number of carbonyl (C=O) groups is 2. The molecule has 0 radical (unpaired) electrons. The molecule has 12 heteroatoms. The quantitative estimate of drug-likeness (QED) is 0.370. The molecule has 39 heavy (non-hydrogen) atoms. The molecule has 3 aromatic rings. The second-order valence-corrected chi connectivity index (χ2v) is 9.01. The van der Waals surface area contributed by atoms with Crippen LogP contribution in [0.3, 0.4) is 0 Å². The summed E-state index contributed by atoms with van der Waals surface area (Å²) < 4.78 is 80.3. The highest BCUT2D eigenvalue weighted by Gasteiger charge is 2.39. The van der Waals surface area contributed by atoms with Crippen molar-refractivity contribution in [2.75, 3.05) is 19.6 Å². The summed E-state index contributed by atoms with van der Waals surface area (Å²) >= 11 is 0. The number of nitrogens with zero attached hydrogens (tertiary/aromatic N) is 3. The van der Waals surface area contributed by atoms with Crippen LogP contribution < -0.4 is 0 Å². The molecule has 0 unspecified atom stereocenters. The Balaban J connectivity index is 0.00000420. The zero-order chi connectivity index (χ0) is 27.5. The molecule has 4 rings (SSSR count). The van der Waals surface area contributed by atoms with Crippen molar-refractivity contribution in [3.63, 3.8) is 0 Å². The summed E-state index contributed by atoms with van der Waals surface area (Å²) in [5.74, 6) is -1.18. The molecule has 2 amide bonds. The molecule has 0 spiro atoms. The highest BCUT2D eigenvalue weighted by atomic mass is 35.5. The van der Waals surface area contributed by atoms with E-state index >= 15 is 0 Å². The number of hydrogen-bond donors (Lipinski definition) is 0. The predicted octanol–water partition coefficient (Wildman–Crippen LogP) is 5.68. The molecule has 208 valence electrons. The van der Waals surface area contributed by atoms with E-state index in [1.165, 1.54) is 4.90 Å². The standard InChI is InChI=1S/C27H23F6N3O2.ClH/c28-26(29,30)21-13-20(14-22(15-21)27(31,32)33)25(38)36-10-9-35(24(37)12-19-7-4-8-34-16-19)17-23(36)11-18-5-2-1-3-6-18;/h1-8,13-16,23H,9-12,17H2;1H/t23-;/m1./s1. The van der Waals surface area contributed by atoms with Crippen LogP contribution in [-0.4, -0.2) is 52.3 Å². The van der Waals surface area contributed by atoms with Crippen molar-refractivity contribution in [3.8, 4) is 0 Å². The van der Waals surface area contributed by atoms with Gasteiger partial charge >= 0.3 is 12.4 Å². The van der Waals surface area contributed by atoms with Crippen LogP contribution in [0.15, 0.2) is 73.1 Å². The van der Waals surface area contributed by atoms with Gasteiger partial charge in [-0.1, -0.05) is 36.4 Å². The molecule has 1 aliphatic rings. The van der Waals surface area contributed by atoms with Gasteiger partial charge in [0.2, 0.25) is 5.91 Å². The Morgan fingerprint density at radius 3 is 2.03 bits per heavy atom. The monoisotopic (exact) mass is 571 g/mol. The summed E-state index contributed by atoms with van der Waals surface area (Å²) in [6, 6.07) is 12.6. The number of benzene rings is 2. The van der Waals surface area contributed by atoms with Crippen molar-refractivity contribution in [3.05, 3.63) is 101 Å². The molecule has 2 aromatic carbocycles. The molecule has 1 aromatic heterocycles. The maximum atomic E-state index is 13.4. The smallest absolute Gasteiger partial charge is 0.339 e. The molecule has 0 aliphatic carbocycles. The van der Waals surface area contributed by atoms with Gasteiger partial charge in [0, 0.05) is 37.6 Å². The molecule has 0 saturated carbocycles. The molecule has 1 aliphatic heterocycles. The summed E-state index contributed by atoms with van der Waals surface area (Å²) in [5, 5.41) is 0. The maximum Gasteiger partial charge on any atom is 0.416 e. The van der Waals surface area contributed by atoms with Gasteiger partial charge in [-0.2, -0.15) is 26.3 Å². The van der Waals surface area contributed by atoms with E-state index in [2.05, 4.69) is 4.98 Å². The minimum absolute atomic E-state index is 0. The van der Waals surface area contributed by atoms with Crippen molar-refractivity contribution < 1.29 is 35.9 Å². The SMILES string of the molecule is Cl.O=C(Cc1cccnc1)N1CCN(C(=O)c2cc(C(F)(F)F)cc(C(F)(F)F)c2)[C@H](Cc2ccccc2)C1. The lowest BCUT2D eigenvalue weighted by Gasteiger charge is -2.42.